The van der Waals surface area contributed by atoms with Gasteiger partial charge in [0.2, 0.25) is 5.96 Å². The number of nitrogens with zero attached hydrogens (tertiary/aromatic N) is 2. The van der Waals surface area contributed by atoms with Crippen molar-refractivity contribution in [2.75, 3.05) is 0 Å². The zero-order valence-electron chi connectivity index (χ0n) is 21.7. The number of aromatic nitrogens is 1. The van der Waals surface area contributed by atoms with Gasteiger partial charge in [0.05, 0.1) is 12.2 Å². The first kappa shape index (κ1) is 28.5. The number of amides is 1. The van der Waals surface area contributed by atoms with Crippen molar-refractivity contribution in [3.8, 4) is 22.4 Å². The number of guanidine groups is 1. The lowest BCUT2D eigenvalue weighted by molar-refractivity contribution is 0.0562. The fraction of sp³-hybridized carbons (Fsp3) is 0.167. The van der Waals surface area contributed by atoms with E-state index >= 15 is 0 Å². The molecule has 0 aliphatic rings. The Morgan fingerprint density at radius 2 is 1.67 bits per heavy atom. The molecule has 0 aliphatic heterocycles. The fourth-order valence-corrected chi connectivity index (χ4v) is 4.51. The van der Waals surface area contributed by atoms with E-state index in [1.807, 2.05) is 84.9 Å². The SMILES string of the molecule is CC(C)(C)OC(=O)NC(=NCc1cnc(-c2ccc(Cl)cc2)c(-c2cccc(Cl)c2)c1)NSc1ccccc1. The molecule has 1 heterocycles. The van der Waals surface area contributed by atoms with E-state index in [1.165, 1.54) is 11.9 Å². The van der Waals surface area contributed by atoms with Crippen molar-refractivity contribution in [3.63, 3.8) is 0 Å². The zero-order chi connectivity index (χ0) is 27.8. The van der Waals surface area contributed by atoms with Crippen LogP contribution in [-0.4, -0.2) is 22.6 Å². The Balaban J connectivity index is 1.64. The van der Waals surface area contributed by atoms with E-state index in [1.54, 1.807) is 27.0 Å². The normalized spacial score (nSPS) is 11.7. The molecule has 1 amide bonds. The van der Waals surface area contributed by atoms with Crippen LogP contribution in [0.25, 0.3) is 22.4 Å². The average molecular weight is 580 g/mol. The van der Waals surface area contributed by atoms with E-state index in [0.717, 1.165) is 32.8 Å². The number of halogens is 2. The van der Waals surface area contributed by atoms with Crippen LogP contribution in [0.5, 0.6) is 0 Å². The number of rotatable bonds is 6. The molecule has 2 N–H and O–H groups in total. The first-order chi connectivity index (χ1) is 18.7. The predicted molar refractivity (Wildman–Crippen MR) is 161 cm³/mol. The van der Waals surface area contributed by atoms with Crippen LogP contribution in [-0.2, 0) is 11.3 Å². The number of carbonyl (C=O) groups is 1. The van der Waals surface area contributed by atoms with Crippen LogP contribution in [0.4, 0.5) is 4.79 Å². The molecule has 0 saturated heterocycles. The van der Waals surface area contributed by atoms with Gasteiger partial charge in [-0.3, -0.25) is 15.0 Å². The summed E-state index contributed by atoms with van der Waals surface area (Å²) in [5.74, 6) is 0.268. The van der Waals surface area contributed by atoms with E-state index < -0.39 is 11.7 Å². The number of hydrogen-bond donors (Lipinski definition) is 2. The first-order valence-electron chi connectivity index (χ1n) is 12.2. The number of benzene rings is 3. The monoisotopic (exact) mass is 578 g/mol. The summed E-state index contributed by atoms with van der Waals surface area (Å²) in [6.45, 7) is 5.68. The molecule has 6 nitrogen and oxygen atoms in total. The Morgan fingerprint density at radius 1 is 0.923 bits per heavy atom. The van der Waals surface area contributed by atoms with Gasteiger partial charge in [-0.1, -0.05) is 65.7 Å². The topological polar surface area (TPSA) is 75.6 Å². The molecule has 0 unspecified atom stereocenters. The van der Waals surface area contributed by atoms with Crippen LogP contribution in [0.3, 0.4) is 0 Å². The highest BCUT2D eigenvalue weighted by Crippen LogP contribution is 2.33. The summed E-state index contributed by atoms with van der Waals surface area (Å²) in [6, 6.07) is 26.9. The van der Waals surface area contributed by atoms with Gasteiger partial charge in [-0.25, -0.2) is 9.79 Å². The van der Waals surface area contributed by atoms with Crippen molar-refractivity contribution < 1.29 is 9.53 Å². The third-order valence-electron chi connectivity index (χ3n) is 5.25. The maximum atomic E-state index is 12.5. The van der Waals surface area contributed by atoms with Crippen LogP contribution < -0.4 is 10.0 Å². The Kier molecular flexibility index (Phi) is 9.51. The number of hydrogen-bond acceptors (Lipinski definition) is 5. The molecule has 9 heteroatoms. The largest absolute Gasteiger partial charge is 0.444 e. The smallest absolute Gasteiger partial charge is 0.414 e. The molecule has 0 saturated carbocycles. The van der Waals surface area contributed by atoms with E-state index in [-0.39, 0.29) is 12.5 Å². The Labute approximate surface area is 243 Å². The van der Waals surface area contributed by atoms with Gasteiger partial charge in [-0.15, -0.1) is 0 Å². The third-order valence-corrected chi connectivity index (χ3v) is 6.54. The second kappa shape index (κ2) is 13.0. The second-order valence-electron chi connectivity index (χ2n) is 9.57. The summed E-state index contributed by atoms with van der Waals surface area (Å²) in [4.78, 5) is 22.9. The average Bonchev–Trinajstić information content (AvgIpc) is 2.90. The summed E-state index contributed by atoms with van der Waals surface area (Å²) in [6.07, 6.45) is 1.18. The standard InChI is InChI=1S/C30H28Cl2N4O2S/c1-30(2,3)38-29(37)35-28(36-39-25-10-5-4-6-11-25)34-19-20-16-26(22-8-7-9-24(32)17-22)27(33-18-20)21-12-14-23(31)15-13-21/h4-18H,19H2,1-3H3,(H2,34,35,36,37). The van der Waals surface area contributed by atoms with Crippen molar-refractivity contribution in [2.45, 2.75) is 37.8 Å². The molecular formula is C30H28Cl2N4O2S. The minimum absolute atomic E-state index is 0.259. The van der Waals surface area contributed by atoms with Gasteiger partial charge in [-0.2, -0.15) is 0 Å². The molecule has 4 rings (SSSR count). The van der Waals surface area contributed by atoms with Crippen molar-refractivity contribution >= 4 is 47.2 Å². The van der Waals surface area contributed by atoms with Crippen LogP contribution >= 0.6 is 35.1 Å². The van der Waals surface area contributed by atoms with E-state index in [0.29, 0.717) is 10.0 Å². The lowest BCUT2D eigenvalue weighted by Gasteiger charge is -2.20. The quantitative estimate of drug-likeness (QED) is 0.136. The maximum absolute atomic E-state index is 12.5. The number of alkyl carbamates (subject to hydrolysis) is 1. The van der Waals surface area contributed by atoms with Crippen LogP contribution in [0, 0.1) is 0 Å². The predicted octanol–water partition coefficient (Wildman–Crippen LogP) is 8.40. The maximum Gasteiger partial charge on any atom is 0.414 e. The molecule has 0 radical (unpaired) electrons. The number of ether oxygens (including phenoxy) is 1. The molecule has 0 fully saturated rings. The van der Waals surface area contributed by atoms with Crippen LogP contribution in [0.15, 0.2) is 101 Å². The van der Waals surface area contributed by atoms with Crippen LogP contribution in [0.2, 0.25) is 10.0 Å². The van der Waals surface area contributed by atoms with Crippen molar-refractivity contribution in [1.29, 1.82) is 0 Å². The summed E-state index contributed by atoms with van der Waals surface area (Å²) in [7, 11) is 0. The molecule has 1 aromatic heterocycles. The van der Waals surface area contributed by atoms with Gasteiger partial charge < -0.3 is 4.74 Å². The highest BCUT2D eigenvalue weighted by Gasteiger charge is 2.18. The summed E-state index contributed by atoms with van der Waals surface area (Å²) in [5.41, 5.74) is 3.76. The molecule has 3 aromatic carbocycles. The second-order valence-corrected chi connectivity index (χ2v) is 11.3. The van der Waals surface area contributed by atoms with Gasteiger partial charge in [0, 0.05) is 32.3 Å². The number of nitrogens with one attached hydrogen (secondary N) is 2. The van der Waals surface area contributed by atoms with E-state index in [2.05, 4.69) is 15.0 Å². The van der Waals surface area contributed by atoms with E-state index in [4.69, 9.17) is 32.9 Å². The molecule has 4 aromatic rings. The van der Waals surface area contributed by atoms with Crippen molar-refractivity contribution in [3.05, 3.63) is 107 Å². The number of pyridine rings is 1. The Morgan fingerprint density at radius 3 is 2.36 bits per heavy atom. The minimum Gasteiger partial charge on any atom is -0.444 e. The van der Waals surface area contributed by atoms with Gasteiger partial charge in [0.15, 0.2) is 0 Å². The molecule has 0 bridgehead atoms. The minimum atomic E-state index is -0.644. The fourth-order valence-electron chi connectivity index (χ4n) is 3.57. The summed E-state index contributed by atoms with van der Waals surface area (Å²) in [5, 5.41) is 4.00. The Bertz CT molecular complexity index is 1460. The Hall–Kier alpha value is -3.52. The van der Waals surface area contributed by atoms with Gasteiger partial charge >= 0.3 is 6.09 Å². The third kappa shape index (κ3) is 8.75. The first-order valence-corrected chi connectivity index (χ1v) is 13.8. The van der Waals surface area contributed by atoms with Gasteiger partial charge in [0.25, 0.3) is 0 Å². The van der Waals surface area contributed by atoms with Gasteiger partial charge in [-0.05, 0) is 86.3 Å². The zero-order valence-corrected chi connectivity index (χ0v) is 24.1. The summed E-state index contributed by atoms with van der Waals surface area (Å²) < 4.78 is 8.54. The molecule has 39 heavy (non-hydrogen) atoms. The van der Waals surface area contributed by atoms with Crippen molar-refractivity contribution in [2.24, 2.45) is 4.99 Å². The van der Waals surface area contributed by atoms with Crippen LogP contribution in [0.1, 0.15) is 26.3 Å². The lowest BCUT2D eigenvalue weighted by atomic mass is 9.98. The highest BCUT2D eigenvalue weighted by molar-refractivity contribution is 7.98. The molecule has 0 atom stereocenters. The molecule has 0 aliphatic carbocycles. The molecule has 200 valence electrons. The lowest BCUT2D eigenvalue weighted by Crippen LogP contribution is -2.41. The molecule has 0 spiro atoms. The van der Waals surface area contributed by atoms with Crippen molar-refractivity contribution in [1.82, 2.24) is 15.0 Å². The van der Waals surface area contributed by atoms with Gasteiger partial charge in [0.1, 0.15) is 5.60 Å². The summed E-state index contributed by atoms with van der Waals surface area (Å²) >= 11 is 13.8. The van der Waals surface area contributed by atoms with E-state index in [9.17, 15) is 4.79 Å². The molecular weight excluding hydrogens is 551 g/mol. The number of carbonyl (C=O) groups excluding carboxylic acids is 1. The highest BCUT2D eigenvalue weighted by atomic mass is 35.5. The number of aliphatic imine (C=N–C) groups is 1.